The van der Waals surface area contributed by atoms with Crippen LogP contribution in [0.25, 0.3) is 0 Å². The quantitative estimate of drug-likeness (QED) is 0.404. The van der Waals surface area contributed by atoms with Crippen molar-refractivity contribution in [3.8, 4) is 0 Å². The van der Waals surface area contributed by atoms with E-state index in [1.807, 2.05) is 17.8 Å². The molecule has 0 radical (unpaired) electrons. The van der Waals surface area contributed by atoms with Gasteiger partial charge in [0.25, 0.3) is 0 Å². The molecule has 1 unspecified atom stereocenters. The Kier molecular flexibility index (Phi) is 7.89. The van der Waals surface area contributed by atoms with Gasteiger partial charge in [0.2, 0.25) is 0 Å². The number of nitrogens with zero attached hydrogens (tertiary/aromatic N) is 3. The summed E-state index contributed by atoms with van der Waals surface area (Å²) in [6.45, 7) is 6.69. The van der Waals surface area contributed by atoms with E-state index in [-0.39, 0.29) is 0 Å². The van der Waals surface area contributed by atoms with E-state index < -0.39 is 0 Å². The van der Waals surface area contributed by atoms with E-state index in [1.54, 1.807) is 6.20 Å². The van der Waals surface area contributed by atoms with Crippen LogP contribution in [0.15, 0.2) is 17.3 Å². The van der Waals surface area contributed by atoms with Gasteiger partial charge in [0.1, 0.15) is 0 Å². The maximum absolute atomic E-state index is 5.66. The maximum atomic E-state index is 5.66. The summed E-state index contributed by atoms with van der Waals surface area (Å²) in [4.78, 5) is 4.57. The van der Waals surface area contributed by atoms with Crippen LogP contribution in [0.5, 0.6) is 0 Å². The molecule has 0 saturated carbocycles. The number of guanidine groups is 1. The molecule has 7 nitrogen and oxygen atoms in total. The number of aliphatic imine (C=N–C) groups is 1. The van der Waals surface area contributed by atoms with Gasteiger partial charge in [0.05, 0.1) is 24.9 Å². The summed E-state index contributed by atoms with van der Waals surface area (Å²) >= 11 is 0. The van der Waals surface area contributed by atoms with Crippen LogP contribution in [-0.2, 0) is 23.1 Å². The fourth-order valence-corrected chi connectivity index (χ4v) is 2.43. The van der Waals surface area contributed by atoms with Crippen molar-refractivity contribution in [3.63, 3.8) is 0 Å². The molecular formula is C16H29N5O2. The van der Waals surface area contributed by atoms with Gasteiger partial charge in [-0.25, -0.2) is 4.99 Å². The summed E-state index contributed by atoms with van der Waals surface area (Å²) in [6.07, 6.45) is 5.33. The van der Waals surface area contributed by atoms with Crippen molar-refractivity contribution in [2.45, 2.75) is 38.8 Å². The molecule has 0 aliphatic carbocycles. The highest BCUT2D eigenvalue weighted by molar-refractivity contribution is 5.79. The van der Waals surface area contributed by atoms with E-state index in [2.05, 4.69) is 27.6 Å². The van der Waals surface area contributed by atoms with Crippen LogP contribution in [0, 0.1) is 0 Å². The monoisotopic (exact) mass is 323 g/mol. The maximum Gasteiger partial charge on any atom is 0.191 e. The minimum Gasteiger partial charge on any atom is -0.379 e. The van der Waals surface area contributed by atoms with Crippen molar-refractivity contribution in [1.29, 1.82) is 0 Å². The van der Waals surface area contributed by atoms with E-state index in [0.717, 1.165) is 57.2 Å². The molecule has 0 bridgehead atoms. The van der Waals surface area contributed by atoms with Gasteiger partial charge in [-0.15, -0.1) is 0 Å². The number of hydrogen-bond acceptors (Lipinski definition) is 4. The average molecular weight is 323 g/mol. The molecule has 1 aromatic heterocycles. The first kappa shape index (κ1) is 17.7. The molecular weight excluding hydrogens is 294 g/mol. The molecule has 1 fully saturated rings. The first-order valence-corrected chi connectivity index (χ1v) is 8.48. The molecule has 1 aliphatic rings. The highest BCUT2D eigenvalue weighted by Crippen LogP contribution is 2.11. The summed E-state index contributed by atoms with van der Waals surface area (Å²) in [7, 11) is 1.93. The topological polar surface area (TPSA) is 72.7 Å². The number of aromatic nitrogens is 2. The summed E-state index contributed by atoms with van der Waals surface area (Å²) in [5.41, 5.74) is 1.09. The molecule has 7 heteroatoms. The highest BCUT2D eigenvalue weighted by Gasteiger charge is 2.14. The Bertz CT molecular complexity index is 469. The number of rotatable bonds is 9. The SMILES string of the molecule is CCNC(=NCc1ccnn1C)NCCCOCC1CCCO1. The second-order valence-corrected chi connectivity index (χ2v) is 5.63. The number of aryl methyl sites for hydroxylation is 1. The Labute approximate surface area is 138 Å². The molecule has 1 aliphatic heterocycles. The summed E-state index contributed by atoms with van der Waals surface area (Å²) in [6, 6.07) is 1.98. The Hall–Kier alpha value is -1.60. The van der Waals surface area contributed by atoms with Gasteiger partial charge in [-0.3, -0.25) is 4.68 Å². The molecule has 0 spiro atoms. The van der Waals surface area contributed by atoms with E-state index in [4.69, 9.17) is 9.47 Å². The minimum atomic E-state index is 0.306. The zero-order valence-corrected chi connectivity index (χ0v) is 14.3. The van der Waals surface area contributed by atoms with Crippen molar-refractivity contribution in [2.24, 2.45) is 12.0 Å². The molecule has 1 atom stereocenters. The Morgan fingerprint density at radius 2 is 2.43 bits per heavy atom. The first-order chi connectivity index (χ1) is 11.3. The van der Waals surface area contributed by atoms with Crippen molar-refractivity contribution < 1.29 is 9.47 Å². The third-order valence-corrected chi connectivity index (χ3v) is 3.75. The summed E-state index contributed by atoms with van der Waals surface area (Å²) < 4.78 is 13.0. The standard InChI is InChI=1S/C16H29N5O2/c1-3-17-16(19-12-14-7-9-20-21(14)2)18-8-5-10-22-13-15-6-4-11-23-15/h7,9,15H,3-6,8,10-13H2,1-2H3,(H2,17,18,19). The largest absolute Gasteiger partial charge is 0.379 e. The van der Waals surface area contributed by atoms with Gasteiger partial charge >= 0.3 is 0 Å². The zero-order valence-electron chi connectivity index (χ0n) is 14.3. The molecule has 1 saturated heterocycles. The number of ether oxygens (including phenoxy) is 2. The zero-order chi connectivity index (χ0) is 16.3. The number of nitrogens with one attached hydrogen (secondary N) is 2. The van der Waals surface area contributed by atoms with Gasteiger partial charge in [-0.2, -0.15) is 5.10 Å². The van der Waals surface area contributed by atoms with Gasteiger partial charge in [0.15, 0.2) is 5.96 Å². The fourth-order valence-electron chi connectivity index (χ4n) is 2.43. The lowest BCUT2D eigenvalue weighted by Gasteiger charge is -2.12. The summed E-state index contributed by atoms with van der Waals surface area (Å²) in [5, 5.41) is 10.7. The van der Waals surface area contributed by atoms with Crippen LogP contribution >= 0.6 is 0 Å². The molecule has 23 heavy (non-hydrogen) atoms. The molecule has 0 aromatic carbocycles. The van der Waals surface area contributed by atoms with Crippen LogP contribution in [-0.4, -0.2) is 54.8 Å². The summed E-state index contributed by atoms with van der Waals surface area (Å²) in [5.74, 6) is 0.827. The molecule has 2 heterocycles. The van der Waals surface area contributed by atoms with Crippen molar-refractivity contribution in [1.82, 2.24) is 20.4 Å². The van der Waals surface area contributed by atoms with Crippen molar-refractivity contribution >= 4 is 5.96 Å². The molecule has 2 rings (SSSR count). The second-order valence-electron chi connectivity index (χ2n) is 5.63. The van der Waals surface area contributed by atoms with Crippen LogP contribution in [0.3, 0.4) is 0 Å². The lowest BCUT2D eigenvalue weighted by atomic mass is 10.2. The second kappa shape index (κ2) is 10.2. The van der Waals surface area contributed by atoms with Crippen LogP contribution < -0.4 is 10.6 Å². The van der Waals surface area contributed by atoms with Gasteiger partial charge in [0, 0.05) is 39.5 Å². The van der Waals surface area contributed by atoms with Gasteiger partial charge in [-0.1, -0.05) is 0 Å². The fraction of sp³-hybridized carbons (Fsp3) is 0.750. The van der Waals surface area contributed by atoms with Gasteiger partial charge in [-0.05, 0) is 32.3 Å². The Balaban J connectivity index is 1.60. The third kappa shape index (κ3) is 6.58. The van der Waals surface area contributed by atoms with Crippen LogP contribution in [0.2, 0.25) is 0 Å². The first-order valence-electron chi connectivity index (χ1n) is 8.48. The normalized spacial score (nSPS) is 18.3. The lowest BCUT2D eigenvalue weighted by Crippen LogP contribution is -2.38. The van der Waals surface area contributed by atoms with Crippen molar-refractivity contribution in [3.05, 3.63) is 18.0 Å². The minimum absolute atomic E-state index is 0.306. The van der Waals surface area contributed by atoms with Gasteiger partial charge < -0.3 is 20.1 Å². The van der Waals surface area contributed by atoms with Crippen LogP contribution in [0.1, 0.15) is 31.9 Å². The van der Waals surface area contributed by atoms with E-state index in [1.165, 1.54) is 0 Å². The Morgan fingerprint density at radius 1 is 1.52 bits per heavy atom. The van der Waals surface area contributed by atoms with E-state index >= 15 is 0 Å². The molecule has 0 amide bonds. The van der Waals surface area contributed by atoms with Crippen LogP contribution in [0.4, 0.5) is 0 Å². The smallest absolute Gasteiger partial charge is 0.191 e. The Morgan fingerprint density at radius 3 is 3.13 bits per heavy atom. The lowest BCUT2D eigenvalue weighted by molar-refractivity contribution is 0.0168. The third-order valence-electron chi connectivity index (χ3n) is 3.75. The molecule has 130 valence electrons. The molecule has 2 N–H and O–H groups in total. The highest BCUT2D eigenvalue weighted by atomic mass is 16.5. The average Bonchev–Trinajstić information content (AvgIpc) is 3.20. The van der Waals surface area contributed by atoms with E-state index in [0.29, 0.717) is 19.3 Å². The predicted octanol–water partition coefficient (Wildman–Crippen LogP) is 1.06. The molecule has 1 aromatic rings. The van der Waals surface area contributed by atoms with Crippen molar-refractivity contribution in [2.75, 3.05) is 32.9 Å². The predicted molar refractivity (Wildman–Crippen MR) is 90.4 cm³/mol. The van der Waals surface area contributed by atoms with E-state index in [9.17, 15) is 0 Å². The number of hydrogen-bond donors (Lipinski definition) is 2.